The van der Waals surface area contributed by atoms with Gasteiger partial charge in [0.1, 0.15) is 11.9 Å². The summed E-state index contributed by atoms with van der Waals surface area (Å²) in [7, 11) is 0. The normalized spacial score (nSPS) is 14.7. The molecule has 0 spiro atoms. The van der Waals surface area contributed by atoms with Gasteiger partial charge in [0.05, 0.1) is 13.0 Å². The minimum atomic E-state index is -0.256. The Morgan fingerprint density at radius 3 is 2.19 bits per heavy atom. The molecule has 1 aliphatic heterocycles. The highest BCUT2D eigenvalue weighted by molar-refractivity contribution is 5.94. The third-order valence-corrected chi connectivity index (χ3v) is 4.37. The van der Waals surface area contributed by atoms with Gasteiger partial charge in [0.25, 0.3) is 5.91 Å². The van der Waals surface area contributed by atoms with Crippen LogP contribution in [0, 0.1) is 0 Å². The monoisotopic (exact) mass is 353 g/mol. The van der Waals surface area contributed by atoms with Gasteiger partial charge in [0.2, 0.25) is 0 Å². The third-order valence-electron chi connectivity index (χ3n) is 4.37. The molecule has 0 aromatic heterocycles. The maximum Gasteiger partial charge on any atom is 0.309 e. The number of benzene rings is 2. The minimum absolute atomic E-state index is 0.0339. The molecule has 0 aliphatic carbocycles. The van der Waals surface area contributed by atoms with Crippen molar-refractivity contribution >= 4 is 11.9 Å². The van der Waals surface area contributed by atoms with Crippen molar-refractivity contribution < 1.29 is 19.1 Å². The van der Waals surface area contributed by atoms with E-state index in [1.807, 2.05) is 65.6 Å². The number of hydrogen-bond donors (Lipinski definition) is 0. The zero-order chi connectivity index (χ0) is 18.2. The lowest BCUT2D eigenvalue weighted by Crippen LogP contribution is -2.41. The molecule has 0 unspecified atom stereocenters. The summed E-state index contributed by atoms with van der Waals surface area (Å²) in [6, 6.07) is 18.6. The highest BCUT2D eigenvalue weighted by Crippen LogP contribution is 2.17. The second-order valence-electron chi connectivity index (χ2n) is 6.26. The van der Waals surface area contributed by atoms with Gasteiger partial charge in [-0.15, -0.1) is 0 Å². The number of ether oxygens (including phenoxy) is 2. The first-order chi connectivity index (χ1) is 12.7. The van der Waals surface area contributed by atoms with Crippen molar-refractivity contribution in [3.8, 4) is 5.75 Å². The number of carbonyl (C=O) groups excluding carboxylic acids is 2. The first-order valence-electron chi connectivity index (χ1n) is 8.94. The summed E-state index contributed by atoms with van der Waals surface area (Å²) < 4.78 is 11.0. The van der Waals surface area contributed by atoms with Crippen molar-refractivity contribution in [3.63, 3.8) is 0 Å². The van der Waals surface area contributed by atoms with Gasteiger partial charge in [-0.2, -0.15) is 0 Å². The summed E-state index contributed by atoms with van der Waals surface area (Å²) in [6.07, 6.45) is 1.44. The number of hydrogen-bond acceptors (Lipinski definition) is 4. The molecule has 1 fully saturated rings. The van der Waals surface area contributed by atoms with Gasteiger partial charge in [0.15, 0.2) is 0 Å². The molecule has 0 radical (unpaired) electrons. The number of para-hydroxylation sites is 1. The van der Waals surface area contributed by atoms with Crippen LogP contribution in [-0.4, -0.2) is 42.6 Å². The molecule has 0 atom stereocenters. The lowest BCUT2D eigenvalue weighted by atomic mass is 10.1. The SMILES string of the molecule is O=C(CCOc1ccccc1)OC1CCN(C(=O)c2ccccc2)CC1. The first-order valence-corrected chi connectivity index (χ1v) is 8.94. The van der Waals surface area contributed by atoms with Crippen LogP contribution >= 0.6 is 0 Å². The summed E-state index contributed by atoms with van der Waals surface area (Å²) in [4.78, 5) is 26.2. The molecule has 0 N–H and O–H groups in total. The fraction of sp³-hybridized carbons (Fsp3) is 0.333. The summed E-state index contributed by atoms with van der Waals surface area (Å²) in [5, 5.41) is 0. The molecule has 1 aliphatic rings. The van der Waals surface area contributed by atoms with E-state index in [9.17, 15) is 9.59 Å². The summed E-state index contributed by atoms with van der Waals surface area (Å²) in [5.74, 6) is 0.522. The number of esters is 1. The zero-order valence-corrected chi connectivity index (χ0v) is 14.7. The Morgan fingerprint density at radius 2 is 1.54 bits per heavy atom. The number of likely N-dealkylation sites (tertiary alicyclic amines) is 1. The van der Waals surface area contributed by atoms with E-state index in [1.165, 1.54) is 0 Å². The van der Waals surface area contributed by atoms with Crippen molar-refractivity contribution in [1.82, 2.24) is 4.90 Å². The fourth-order valence-corrected chi connectivity index (χ4v) is 2.95. The molecular formula is C21H23NO4. The van der Waals surface area contributed by atoms with E-state index >= 15 is 0 Å². The Balaban J connectivity index is 1.37. The summed E-state index contributed by atoms with van der Waals surface area (Å²) >= 11 is 0. The van der Waals surface area contributed by atoms with E-state index in [1.54, 1.807) is 0 Å². The molecule has 5 heteroatoms. The van der Waals surface area contributed by atoms with Gasteiger partial charge in [-0.25, -0.2) is 0 Å². The first kappa shape index (κ1) is 18.0. The van der Waals surface area contributed by atoms with Crippen LogP contribution in [0.4, 0.5) is 0 Å². The van der Waals surface area contributed by atoms with Gasteiger partial charge in [0, 0.05) is 31.5 Å². The van der Waals surface area contributed by atoms with Gasteiger partial charge in [-0.05, 0) is 24.3 Å². The fourth-order valence-electron chi connectivity index (χ4n) is 2.95. The number of carbonyl (C=O) groups is 2. The van der Waals surface area contributed by atoms with Crippen LogP contribution in [-0.2, 0) is 9.53 Å². The van der Waals surface area contributed by atoms with Crippen molar-refractivity contribution in [1.29, 1.82) is 0 Å². The molecule has 136 valence electrons. The lowest BCUT2D eigenvalue weighted by Gasteiger charge is -2.31. The van der Waals surface area contributed by atoms with Crippen LogP contribution in [0.5, 0.6) is 5.75 Å². The topological polar surface area (TPSA) is 55.8 Å². The highest BCUT2D eigenvalue weighted by Gasteiger charge is 2.25. The Hall–Kier alpha value is -2.82. The molecular weight excluding hydrogens is 330 g/mol. The van der Waals surface area contributed by atoms with Crippen molar-refractivity contribution in [3.05, 3.63) is 66.2 Å². The summed E-state index contributed by atoms with van der Waals surface area (Å²) in [6.45, 7) is 1.51. The number of amides is 1. The molecule has 5 nitrogen and oxygen atoms in total. The Labute approximate surface area is 153 Å². The Kier molecular flexibility index (Phi) is 6.25. The average Bonchev–Trinajstić information content (AvgIpc) is 2.69. The number of nitrogens with zero attached hydrogens (tertiary/aromatic N) is 1. The van der Waals surface area contributed by atoms with Crippen LogP contribution in [0.1, 0.15) is 29.6 Å². The van der Waals surface area contributed by atoms with Gasteiger partial charge < -0.3 is 14.4 Å². The average molecular weight is 353 g/mol. The second-order valence-corrected chi connectivity index (χ2v) is 6.26. The smallest absolute Gasteiger partial charge is 0.309 e. The maximum atomic E-state index is 12.4. The quantitative estimate of drug-likeness (QED) is 0.748. The van der Waals surface area contributed by atoms with E-state index in [2.05, 4.69) is 0 Å². The van der Waals surface area contributed by atoms with E-state index in [4.69, 9.17) is 9.47 Å². The van der Waals surface area contributed by atoms with Crippen LogP contribution < -0.4 is 4.74 Å². The van der Waals surface area contributed by atoms with Gasteiger partial charge >= 0.3 is 5.97 Å². The lowest BCUT2D eigenvalue weighted by molar-refractivity contribution is -0.151. The molecule has 26 heavy (non-hydrogen) atoms. The molecule has 3 rings (SSSR count). The van der Waals surface area contributed by atoms with E-state index in [0.717, 1.165) is 5.75 Å². The second kappa shape index (κ2) is 9.04. The molecule has 1 amide bonds. The van der Waals surface area contributed by atoms with Gasteiger partial charge in [-0.1, -0.05) is 36.4 Å². The Morgan fingerprint density at radius 1 is 0.923 bits per heavy atom. The van der Waals surface area contributed by atoms with Crippen LogP contribution in [0.15, 0.2) is 60.7 Å². The predicted octanol–water partition coefficient (Wildman–Crippen LogP) is 3.30. The zero-order valence-electron chi connectivity index (χ0n) is 14.7. The van der Waals surface area contributed by atoms with E-state index in [-0.39, 0.29) is 24.4 Å². The molecule has 0 saturated carbocycles. The van der Waals surface area contributed by atoms with E-state index in [0.29, 0.717) is 38.1 Å². The number of piperidine rings is 1. The summed E-state index contributed by atoms with van der Waals surface area (Å²) in [5.41, 5.74) is 0.695. The van der Waals surface area contributed by atoms with Crippen molar-refractivity contribution in [2.45, 2.75) is 25.4 Å². The molecule has 2 aromatic carbocycles. The van der Waals surface area contributed by atoms with Crippen LogP contribution in [0.2, 0.25) is 0 Å². The molecule has 2 aromatic rings. The molecule has 1 saturated heterocycles. The third kappa shape index (κ3) is 5.09. The van der Waals surface area contributed by atoms with Crippen LogP contribution in [0.3, 0.4) is 0 Å². The standard InChI is InChI=1S/C21H23NO4/c23-20(13-16-25-18-9-5-2-6-10-18)26-19-11-14-22(15-12-19)21(24)17-7-3-1-4-8-17/h1-10,19H,11-16H2. The number of rotatable bonds is 6. The largest absolute Gasteiger partial charge is 0.493 e. The molecule has 0 bridgehead atoms. The molecule has 1 heterocycles. The van der Waals surface area contributed by atoms with Crippen molar-refractivity contribution in [2.24, 2.45) is 0 Å². The van der Waals surface area contributed by atoms with Crippen molar-refractivity contribution in [2.75, 3.05) is 19.7 Å². The predicted molar refractivity (Wildman–Crippen MR) is 98.0 cm³/mol. The Bertz CT molecular complexity index is 709. The maximum absolute atomic E-state index is 12.4. The highest BCUT2D eigenvalue weighted by atomic mass is 16.5. The van der Waals surface area contributed by atoms with Gasteiger partial charge in [-0.3, -0.25) is 9.59 Å². The van der Waals surface area contributed by atoms with Crippen LogP contribution in [0.25, 0.3) is 0 Å². The minimum Gasteiger partial charge on any atom is -0.493 e. The van der Waals surface area contributed by atoms with E-state index < -0.39 is 0 Å².